The van der Waals surface area contributed by atoms with E-state index in [4.69, 9.17) is 16.9 Å². The smallest absolute Gasteiger partial charge is 0.152 e. The van der Waals surface area contributed by atoms with Crippen LogP contribution in [0.2, 0.25) is 5.15 Å². The molecular weight excluding hydrogens is 224 g/mol. The largest absolute Gasteiger partial charge is 0.337 e. The third-order valence-corrected chi connectivity index (χ3v) is 2.24. The molecule has 4 nitrogen and oxygen atoms in total. The summed E-state index contributed by atoms with van der Waals surface area (Å²) in [6, 6.07) is 8.95. The van der Waals surface area contributed by atoms with Gasteiger partial charge in [-0.05, 0) is 24.3 Å². The first-order chi connectivity index (χ1) is 7.81. The van der Waals surface area contributed by atoms with Crippen LogP contribution in [0.3, 0.4) is 0 Å². The van der Waals surface area contributed by atoms with Crippen LogP contribution < -0.4 is 5.32 Å². The van der Waals surface area contributed by atoms with Gasteiger partial charge in [0.2, 0.25) is 0 Å². The van der Waals surface area contributed by atoms with Gasteiger partial charge in [-0.15, -0.1) is 0 Å². The second-order valence-electron chi connectivity index (χ2n) is 2.98. The number of halogens is 1. The molecule has 16 heavy (non-hydrogen) atoms. The summed E-state index contributed by atoms with van der Waals surface area (Å²) in [5, 5.41) is 12.2. The number of nitrogens with zero attached hydrogens (tertiary/aromatic N) is 3. The maximum Gasteiger partial charge on any atom is 0.152 e. The molecule has 0 aliphatic carbocycles. The van der Waals surface area contributed by atoms with Crippen LogP contribution in [0.4, 0.5) is 11.5 Å². The van der Waals surface area contributed by atoms with Crippen LogP contribution in [0.15, 0.2) is 36.7 Å². The van der Waals surface area contributed by atoms with E-state index in [2.05, 4.69) is 15.3 Å². The molecule has 0 bridgehead atoms. The minimum Gasteiger partial charge on any atom is -0.337 e. The first kappa shape index (κ1) is 10.4. The lowest BCUT2D eigenvalue weighted by molar-refractivity contribution is 1.26. The van der Waals surface area contributed by atoms with Gasteiger partial charge in [-0.2, -0.15) is 5.26 Å². The Morgan fingerprint density at radius 3 is 2.69 bits per heavy atom. The molecule has 78 valence electrons. The van der Waals surface area contributed by atoms with Crippen molar-refractivity contribution in [1.82, 2.24) is 9.97 Å². The molecule has 0 spiro atoms. The van der Waals surface area contributed by atoms with Gasteiger partial charge in [-0.25, -0.2) is 9.97 Å². The first-order valence-electron chi connectivity index (χ1n) is 4.54. The van der Waals surface area contributed by atoms with Crippen molar-refractivity contribution in [2.45, 2.75) is 0 Å². The molecule has 2 rings (SSSR count). The van der Waals surface area contributed by atoms with Crippen molar-refractivity contribution >= 4 is 23.1 Å². The van der Waals surface area contributed by atoms with E-state index in [0.717, 1.165) is 0 Å². The normalized spacial score (nSPS) is 9.50. The Morgan fingerprint density at radius 1 is 1.19 bits per heavy atom. The van der Waals surface area contributed by atoms with E-state index in [1.54, 1.807) is 36.7 Å². The molecule has 5 heteroatoms. The SMILES string of the molecule is N#Cc1cccnc1Nc1cccnc1Cl. The zero-order valence-corrected chi connectivity index (χ0v) is 8.94. The van der Waals surface area contributed by atoms with Crippen molar-refractivity contribution in [2.24, 2.45) is 0 Å². The van der Waals surface area contributed by atoms with Gasteiger partial charge >= 0.3 is 0 Å². The van der Waals surface area contributed by atoms with E-state index < -0.39 is 0 Å². The summed E-state index contributed by atoms with van der Waals surface area (Å²) in [6.45, 7) is 0. The lowest BCUT2D eigenvalue weighted by Crippen LogP contribution is -1.97. The Bertz CT molecular complexity index is 548. The van der Waals surface area contributed by atoms with Gasteiger partial charge in [0.25, 0.3) is 0 Å². The van der Waals surface area contributed by atoms with Crippen LogP contribution in [-0.2, 0) is 0 Å². The number of anilines is 2. The number of nitriles is 1. The minimum absolute atomic E-state index is 0.344. The van der Waals surface area contributed by atoms with E-state index in [1.807, 2.05) is 6.07 Å². The fraction of sp³-hybridized carbons (Fsp3) is 0. The Kier molecular flexibility index (Phi) is 2.99. The average molecular weight is 231 g/mol. The van der Waals surface area contributed by atoms with Gasteiger partial charge in [0.15, 0.2) is 5.15 Å². The Balaban J connectivity index is 2.35. The van der Waals surface area contributed by atoms with Gasteiger partial charge < -0.3 is 5.32 Å². The van der Waals surface area contributed by atoms with E-state index in [1.165, 1.54) is 0 Å². The number of hydrogen-bond acceptors (Lipinski definition) is 4. The topological polar surface area (TPSA) is 61.6 Å². The summed E-state index contributed by atoms with van der Waals surface area (Å²) in [5.74, 6) is 0.472. The quantitative estimate of drug-likeness (QED) is 0.806. The summed E-state index contributed by atoms with van der Waals surface area (Å²) in [6.07, 6.45) is 3.20. The molecule has 0 unspecified atom stereocenters. The van der Waals surface area contributed by atoms with Crippen LogP contribution >= 0.6 is 11.6 Å². The molecule has 0 saturated carbocycles. The second-order valence-corrected chi connectivity index (χ2v) is 3.34. The highest BCUT2D eigenvalue weighted by molar-refractivity contribution is 6.32. The van der Waals surface area contributed by atoms with Crippen LogP contribution in [0.1, 0.15) is 5.56 Å². The minimum atomic E-state index is 0.344. The summed E-state index contributed by atoms with van der Waals surface area (Å²) >= 11 is 5.89. The van der Waals surface area contributed by atoms with Crippen LogP contribution in [0, 0.1) is 11.3 Å². The highest BCUT2D eigenvalue weighted by atomic mass is 35.5. The average Bonchev–Trinajstić information content (AvgIpc) is 2.33. The molecule has 2 aromatic heterocycles. The number of pyridine rings is 2. The lowest BCUT2D eigenvalue weighted by Gasteiger charge is -2.07. The highest BCUT2D eigenvalue weighted by Crippen LogP contribution is 2.23. The van der Waals surface area contributed by atoms with Gasteiger partial charge in [0.1, 0.15) is 11.9 Å². The zero-order chi connectivity index (χ0) is 11.4. The summed E-state index contributed by atoms with van der Waals surface area (Å²) in [4.78, 5) is 7.99. The molecule has 0 aliphatic heterocycles. The Hall–Kier alpha value is -2.12. The van der Waals surface area contributed by atoms with Crippen molar-refractivity contribution in [3.63, 3.8) is 0 Å². The van der Waals surface area contributed by atoms with Gasteiger partial charge in [-0.1, -0.05) is 11.6 Å². The van der Waals surface area contributed by atoms with E-state index in [0.29, 0.717) is 22.2 Å². The van der Waals surface area contributed by atoms with E-state index >= 15 is 0 Å². The fourth-order valence-corrected chi connectivity index (χ4v) is 1.37. The van der Waals surface area contributed by atoms with Gasteiger partial charge in [0, 0.05) is 12.4 Å². The number of rotatable bonds is 2. The molecule has 0 saturated heterocycles. The fourth-order valence-electron chi connectivity index (χ4n) is 1.20. The summed E-state index contributed by atoms with van der Waals surface area (Å²) in [5.41, 5.74) is 1.08. The second kappa shape index (κ2) is 4.60. The Labute approximate surface area is 97.5 Å². The number of nitrogens with one attached hydrogen (secondary N) is 1. The predicted octanol–water partition coefficient (Wildman–Crippen LogP) is 2.75. The lowest BCUT2D eigenvalue weighted by atomic mass is 10.3. The van der Waals surface area contributed by atoms with Crippen molar-refractivity contribution in [3.05, 3.63) is 47.4 Å². The third-order valence-electron chi connectivity index (χ3n) is 1.94. The van der Waals surface area contributed by atoms with Crippen LogP contribution in [0.25, 0.3) is 0 Å². The molecule has 0 radical (unpaired) electrons. The maximum atomic E-state index is 8.89. The van der Waals surface area contributed by atoms with Crippen molar-refractivity contribution < 1.29 is 0 Å². The third kappa shape index (κ3) is 2.10. The molecule has 2 aromatic rings. The van der Waals surface area contributed by atoms with Crippen molar-refractivity contribution in [3.8, 4) is 6.07 Å². The van der Waals surface area contributed by atoms with Crippen LogP contribution in [0.5, 0.6) is 0 Å². The number of aromatic nitrogens is 2. The Morgan fingerprint density at radius 2 is 1.94 bits per heavy atom. The molecular formula is C11H7ClN4. The molecule has 1 N–H and O–H groups in total. The predicted molar refractivity (Wildman–Crippen MR) is 61.5 cm³/mol. The standard InChI is InChI=1S/C11H7ClN4/c12-10-9(4-2-5-14-10)16-11-8(7-13)3-1-6-15-11/h1-6H,(H,15,16). The molecule has 0 atom stereocenters. The highest BCUT2D eigenvalue weighted by Gasteiger charge is 2.05. The van der Waals surface area contributed by atoms with E-state index in [9.17, 15) is 0 Å². The van der Waals surface area contributed by atoms with E-state index in [-0.39, 0.29) is 0 Å². The summed E-state index contributed by atoms with van der Waals surface area (Å²) < 4.78 is 0. The molecule has 0 amide bonds. The van der Waals surface area contributed by atoms with Gasteiger partial charge in [-0.3, -0.25) is 0 Å². The van der Waals surface area contributed by atoms with Crippen molar-refractivity contribution in [1.29, 1.82) is 5.26 Å². The first-order valence-corrected chi connectivity index (χ1v) is 4.91. The monoisotopic (exact) mass is 230 g/mol. The summed E-state index contributed by atoms with van der Waals surface area (Å²) in [7, 11) is 0. The van der Waals surface area contributed by atoms with Crippen molar-refractivity contribution in [2.75, 3.05) is 5.32 Å². The molecule has 0 fully saturated rings. The molecule has 0 aliphatic rings. The number of hydrogen-bond donors (Lipinski definition) is 1. The zero-order valence-electron chi connectivity index (χ0n) is 8.18. The maximum absolute atomic E-state index is 8.89. The van der Waals surface area contributed by atoms with Gasteiger partial charge in [0.05, 0.1) is 11.3 Å². The molecule has 2 heterocycles. The van der Waals surface area contributed by atoms with Crippen LogP contribution in [-0.4, -0.2) is 9.97 Å². The molecule has 0 aromatic carbocycles.